The van der Waals surface area contributed by atoms with Crippen LogP contribution < -0.4 is 0 Å². The van der Waals surface area contributed by atoms with Crippen molar-refractivity contribution in [2.75, 3.05) is 0 Å². The summed E-state index contributed by atoms with van der Waals surface area (Å²) in [6.45, 7) is 0. The second kappa shape index (κ2) is 10.4. The molecule has 0 atom stereocenters. The van der Waals surface area contributed by atoms with Crippen molar-refractivity contribution in [3.05, 3.63) is 47.5 Å². The first-order chi connectivity index (χ1) is 12.5. The summed E-state index contributed by atoms with van der Waals surface area (Å²) in [6.07, 6.45) is 11.0. The van der Waals surface area contributed by atoms with Gasteiger partial charge in [-0.15, -0.1) is 0 Å². The number of unbranched alkanes of at least 4 members (excludes halogenated alkanes) is 1. The molecule has 0 spiro atoms. The molecule has 142 valence electrons. The maximum Gasteiger partial charge on any atom is 0.416 e. The van der Waals surface area contributed by atoms with Gasteiger partial charge < -0.3 is 0 Å². The monoisotopic (exact) mass is 363 g/mol. The first-order valence-corrected chi connectivity index (χ1v) is 9.70. The molecule has 4 heteroatoms. The van der Waals surface area contributed by atoms with E-state index in [-0.39, 0.29) is 0 Å². The first kappa shape index (κ1) is 20.6. The molecule has 0 heterocycles. The Hall–Kier alpha value is -1.76. The molecule has 0 amide bonds. The quantitative estimate of drug-likeness (QED) is 0.357. The van der Waals surface area contributed by atoms with E-state index in [0.29, 0.717) is 0 Å². The lowest BCUT2D eigenvalue weighted by Crippen LogP contribution is -2.14. The largest absolute Gasteiger partial charge is 0.416 e. The fraction of sp³-hybridized carbons (Fsp3) is 0.591. The number of hydrogen-bond acceptors (Lipinski definition) is 1. The first-order valence-electron chi connectivity index (χ1n) is 9.70. The average Bonchev–Trinajstić information content (AvgIpc) is 2.63. The lowest BCUT2D eigenvalue weighted by molar-refractivity contribution is -0.137. The highest BCUT2D eigenvalue weighted by molar-refractivity contribution is 5.24. The number of aryl methyl sites for hydroxylation is 1. The lowest BCUT2D eigenvalue weighted by atomic mass is 9.78. The number of nitriles is 1. The Balaban J connectivity index is 1.58. The highest BCUT2D eigenvalue weighted by Gasteiger charge is 2.29. The van der Waals surface area contributed by atoms with E-state index < -0.39 is 11.7 Å². The van der Waals surface area contributed by atoms with Gasteiger partial charge in [0.05, 0.1) is 11.6 Å². The molecule has 1 aromatic carbocycles. The van der Waals surface area contributed by atoms with Crippen LogP contribution in [0.3, 0.4) is 0 Å². The molecule has 1 aliphatic rings. The minimum absolute atomic E-state index is 0.568. The Morgan fingerprint density at radius 3 is 2.15 bits per heavy atom. The maximum atomic E-state index is 12.5. The summed E-state index contributed by atoms with van der Waals surface area (Å²) in [5, 5.41) is 8.48. The van der Waals surface area contributed by atoms with Gasteiger partial charge in [0.25, 0.3) is 0 Å². The molecule has 0 aliphatic heterocycles. The van der Waals surface area contributed by atoms with Crippen LogP contribution in [-0.2, 0) is 12.6 Å². The van der Waals surface area contributed by atoms with E-state index in [2.05, 4.69) is 0 Å². The van der Waals surface area contributed by atoms with Crippen LogP contribution >= 0.6 is 0 Å². The summed E-state index contributed by atoms with van der Waals surface area (Å²) in [5.41, 5.74) is 0.424. The molecule has 1 fully saturated rings. The number of nitrogens with zero attached hydrogens (tertiary/aromatic N) is 1. The van der Waals surface area contributed by atoms with Gasteiger partial charge in [0, 0.05) is 6.08 Å². The second-order valence-electron chi connectivity index (χ2n) is 7.44. The summed E-state index contributed by atoms with van der Waals surface area (Å²) in [6, 6.07) is 7.61. The molecule has 0 aromatic heterocycles. The van der Waals surface area contributed by atoms with Gasteiger partial charge in [-0.25, -0.2) is 0 Å². The van der Waals surface area contributed by atoms with Crippen molar-refractivity contribution >= 4 is 0 Å². The number of halogens is 3. The Bertz CT molecular complexity index is 587. The molecule has 1 aromatic rings. The molecule has 0 bridgehead atoms. The van der Waals surface area contributed by atoms with Crippen molar-refractivity contribution < 1.29 is 13.2 Å². The molecular formula is C22H28F3N. The number of benzene rings is 1. The van der Waals surface area contributed by atoms with E-state index in [1.54, 1.807) is 18.2 Å². The lowest BCUT2D eigenvalue weighted by Gasteiger charge is -2.28. The molecule has 0 saturated heterocycles. The zero-order valence-electron chi connectivity index (χ0n) is 15.3. The SMILES string of the molecule is N#CC=CCC[C@H]1CC[C@H](CCCCc2ccc(C(F)(F)F)cc2)CC1. The van der Waals surface area contributed by atoms with Crippen LogP contribution in [0.25, 0.3) is 0 Å². The molecule has 1 saturated carbocycles. The van der Waals surface area contributed by atoms with E-state index in [4.69, 9.17) is 5.26 Å². The summed E-state index contributed by atoms with van der Waals surface area (Å²) in [4.78, 5) is 0. The smallest absolute Gasteiger partial charge is 0.193 e. The third-order valence-electron chi connectivity index (χ3n) is 5.51. The number of hydrogen-bond donors (Lipinski definition) is 0. The predicted molar refractivity (Wildman–Crippen MR) is 98.4 cm³/mol. The van der Waals surface area contributed by atoms with Crippen LogP contribution in [0.4, 0.5) is 13.2 Å². The highest BCUT2D eigenvalue weighted by atomic mass is 19.4. The number of rotatable bonds is 8. The standard InChI is InChI=1S/C22H28F3N/c23-22(24,25)21-15-13-20(14-16-21)8-4-3-7-19-11-9-18(10-12-19)6-2-1-5-17-26/h1,5,13-16,18-19H,2-4,6-12H2/t18-,19-. The highest BCUT2D eigenvalue weighted by Crippen LogP contribution is 2.34. The normalized spacial score (nSPS) is 21.0. The molecule has 26 heavy (non-hydrogen) atoms. The van der Waals surface area contributed by atoms with Gasteiger partial charge in [-0.3, -0.25) is 0 Å². The number of alkyl halides is 3. The van der Waals surface area contributed by atoms with Gasteiger partial charge in [0.1, 0.15) is 0 Å². The van der Waals surface area contributed by atoms with Crippen molar-refractivity contribution in [2.24, 2.45) is 11.8 Å². The Morgan fingerprint density at radius 2 is 1.58 bits per heavy atom. The van der Waals surface area contributed by atoms with Crippen LogP contribution in [0, 0.1) is 23.2 Å². The van der Waals surface area contributed by atoms with Crippen molar-refractivity contribution in [3.8, 4) is 6.07 Å². The molecular weight excluding hydrogens is 335 g/mol. The van der Waals surface area contributed by atoms with Gasteiger partial charge in [0.15, 0.2) is 0 Å². The van der Waals surface area contributed by atoms with Crippen molar-refractivity contribution in [1.29, 1.82) is 5.26 Å². The van der Waals surface area contributed by atoms with Gasteiger partial charge in [-0.2, -0.15) is 18.4 Å². The Kier molecular flexibility index (Phi) is 8.22. The van der Waals surface area contributed by atoms with Gasteiger partial charge in [0.2, 0.25) is 0 Å². The van der Waals surface area contributed by atoms with Crippen molar-refractivity contribution in [2.45, 2.75) is 70.4 Å². The zero-order chi connectivity index (χ0) is 18.8. The minimum Gasteiger partial charge on any atom is -0.193 e. The van der Waals surface area contributed by atoms with E-state index in [1.807, 2.05) is 12.1 Å². The van der Waals surface area contributed by atoms with E-state index >= 15 is 0 Å². The fourth-order valence-electron chi connectivity index (χ4n) is 3.90. The van der Waals surface area contributed by atoms with Crippen LogP contribution in [-0.4, -0.2) is 0 Å². The van der Waals surface area contributed by atoms with Crippen LogP contribution in [0.5, 0.6) is 0 Å². The van der Waals surface area contributed by atoms with Crippen LogP contribution in [0.15, 0.2) is 36.4 Å². The summed E-state index contributed by atoms with van der Waals surface area (Å²) >= 11 is 0. The topological polar surface area (TPSA) is 23.8 Å². The Morgan fingerprint density at radius 1 is 0.962 bits per heavy atom. The Labute approximate surface area is 154 Å². The second-order valence-corrected chi connectivity index (χ2v) is 7.44. The minimum atomic E-state index is -4.25. The third-order valence-corrected chi connectivity index (χ3v) is 5.51. The average molecular weight is 363 g/mol. The molecule has 1 aliphatic carbocycles. The van der Waals surface area contributed by atoms with Crippen molar-refractivity contribution in [3.63, 3.8) is 0 Å². The molecule has 0 N–H and O–H groups in total. The summed E-state index contributed by atoms with van der Waals surface area (Å²) in [7, 11) is 0. The molecule has 0 unspecified atom stereocenters. The zero-order valence-corrected chi connectivity index (χ0v) is 15.3. The van der Waals surface area contributed by atoms with Crippen LogP contribution in [0.2, 0.25) is 0 Å². The van der Waals surface area contributed by atoms with E-state index in [1.165, 1.54) is 50.7 Å². The summed E-state index contributed by atoms with van der Waals surface area (Å²) in [5.74, 6) is 1.62. The third kappa shape index (κ3) is 7.23. The van der Waals surface area contributed by atoms with Gasteiger partial charge in [-0.1, -0.05) is 56.7 Å². The fourth-order valence-corrected chi connectivity index (χ4v) is 3.90. The van der Waals surface area contributed by atoms with Crippen molar-refractivity contribution in [1.82, 2.24) is 0 Å². The molecule has 0 radical (unpaired) electrons. The van der Waals surface area contributed by atoms with Gasteiger partial charge in [-0.05, 0) is 55.2 Å². The molecule has 1 nitrogen and oxygen atoms in total. The molecule has 2 rings (SSSR count). The van der Waals surface area contributed by atoms with E-state index in [0.717, 1.165) is 43.1 Å². The van der Waals surface area contributed by atoms with Gasteiger partial charge >= 0.3 is 6.18 Å². The predicted octanol–water partition coefficient (Wildman–Crippen LogP) is 7.08. The number of allylic oxidation sites excluding steroid dienone is 2. The van der Waals surface area contributed by atoms with E-state index in [9.17, 15) is 13.2 Å². The summed E-state index contributed by atoms with van der Waals surface area (Å²) < 4.78 is 37.6. The maximum absolute atomic E-state index is 12.5. The van der Waals surface area contributed by atoms with Crippen LogP contribution in [0.1, 0.15) is 68.9 Å².